The van der Waals surface area contributed by atoms with Crippen LogP contribution in [0.25, 0.3) is 10.9 Å². The average Bonchev–Trinajstić information content (AvgIpc) is 3.08. The molecule has 0 radical (unpaired) electrons. The summed E-state index contributed by atoms with van der Waals surface area (Å²) in [4.78, 5) is 18.0. The number of carbonyl (C=O) groups is 1. The highest BCUT2D eigenvalue weighted by atomic mass is 16.6. The molecule has 4 rings (SSSR count). The number of carbonyl (C=O) groups excluding carboxylic acids is 1. The van der Waals surface area contributed by atoms with E-state index < -0.39 is 0 Å². The molecular weight excluding hydrogens is 338 g/mol. The molecule has 2 aromatic heterocycles. The molecule has 1 fully saturated rings. The van der Waals surface area contributed by atoms with Crippen LogP contribution in [-0.2, 0) is 11.3 Å². The molecular formula is C22H25N3O2. The van der Waals surface area contributed by atoms with Crippen LogP contribution in [0.3, 0.4) is 0 Å². The summed E-state index contributed by atoms with van der Waals surface area (Å²) >= 11 is 0. The van der Waals surface area contributed by atoms with Gasteiger partial charge in [0, 0.05) is 49.1 Å². The Morgan fingerprint density at radius 1 is 1.19 bits per heavy atom. The van der Waals surface area contributed by atoms with Gasteiger partial charge in [0.05, 0.1) is 6.61 Å². The second-order valence-electron chi connectivity index (χ2n) is 7.05. The van der Waals surface area contributed by atoms with Gasteiger partial charge >= 0.3 is 6.09 Å². The maximum atomic E-state index is 12.0. The van der Waals surface area contributed by atoms with Crippen molar-refractivity contribution in [2.75, 3.05) is 19.7 Å². The first-order chi connectivity index (χ1) is 13.3. The Labute approximate surface area is 159 Å². The lowest BCUT2D eigenvalue weighted by Crippen LogP contribution is -2.38. The zero-order valence-corrected chi connectivity index (χ0v) is 15.7. The molecule has 0 spiro atoms. The van der Waals surface area contributed by atoms with Gasteiger partial charge in [0.15, 0.2) is 0 Å². The minimum atomic E-state index is -0.185. The number of rotatable bonds is 4. The second kappa shape index (κ2) is 7.82. The van der Waals surface area contributed by atoms with E-state index >= 15 is 0 Å². The lowest BCUT2D eigenvalue weighted by Gasteiger charge is -2.31. The summed E-state index contributed by atoms with van der Waals surface area (Å²) in [5, 5.41) is 1.32. The molecule has 1 aliphatic rings. The van der Waals surface area contributed by atoms with Gasteiger partial charge in [-0.05, 0) is 48.9 Å². The van der Waals surface area contributed by atoms with E-state index in [-0.39, 0.29) is 6.09 Å². The largest absolute Gasteiger partial charge is 0.450 e. The van der Waals surface area contributed by atoms with E-state index in [4.69, 9.17) is 4.74 Å². The van der Waals surface area contributed by atoms with E-state index in [0.29, 0.717) is 12.5 Å². The summed E-state index contributed by atoms with van der Waals surface area (Å²) in [5.41, 5.74) is 3.84. The molecule has 0 aliphatic carbocycles. The molecule has 0 unspecified atom stereocenters. The summed E-state index contributed by atoms with van der Waals surface area (Å²) in [7, 11) is 0. The van der Waals surface area contributed by atoms with Crippen molar-refractivity contribution in [2.24, 2.45) is 0 Å². The van der Waals surface area contributed by atoms with E-state index in [1.807, 2.05) is 24.1 Å². The number of piperidine rings is 1. The molecule has 1 amide bonds. The molecule has 3 aromatic rings. The van der Waals surface area contributed by atoms with Crippen molar-refractivity contribution in [1.82, 2.24) is 14.5 Å². The van der Waals surface area contributed by atoms with Crippen molar-refractivity contribution in [3.63, 3.8) is 0 Å². The molecule has 0 atom stereocenters. The predicted octanol–water partition coefficient (Wildman–Crippen LogP) is 4.42. The lowest BCUT2D eigenvalue weighted by molar-refractivity contribution is 0.0971. The van der Waals surface area contributed by atoms with E-state index in [2.05, 4.69) is 46.1 Å². The maximum absolute atomic E-state index is 12.0. The molecule has 5 heteroatoms. The number of nitrogens with zero attached hydrogens (tertiary/aromatic N) is 3. The summed E-state index contributed by atoms with van der Waals surface area (Å²) in [6.07, 6.45) is 7.78. The van der Waals surface area contributed by atoms with Gasteiger partial charge in [-0.3, -0.25) is 4.98 Å². The smallest absolute Gasteiger partial charge is 0.409 e. The number of hydrogen-bond donors (Lipinski definition) is 0. The van der Waals surface area contributed by atoms with Crippen molar-refractivity contribution < 1.29 is 9.53 Å². The molecule has 0 bridgehead atoms. The zero-order chi connectivity index (χ0) is 18.6. The predicted molar refractivity (Wildman–Crippen MR) is 106 cm³/mol. The first-order valence-corrected chi connectivity index (χ1v) is 9.64. The van der Waals surface area contributed by atoms with Crippen LogP contribution in [0, 0.1) is 0 Å². The number of aromatic nitrogens is 2. The highest BCUT2D eigenvalue weighted by Gasteiger charge is 2.26. The Bertz CT molecular complexity index is 912. The molecule has 5 nitrogen and oxygen atoms in total. The topological polar surface area (TPSA) is 47.4 Å². The molecule has 140 valence electrons. The highest BCUT2D eigenvalue weighted by molar-refractivity contribution is 5.84. The Hall–Kier alpha value is -2.82. The minimum absolute atomic E-state index is 0.185. The average molecular weight is 363 g/mol. The van der Waals surface area contributed by atoms with Crippen LogP contribution in [-0.4, -0.2) is 40.2 Å². The minimum Gasteiger partial charge on any atom is -0.450 e. The third kappa shape index (κ3) is 3.68. The van der Waals surface area contributed by atoms with Crippen LogP contribution in [0.4, 0.5) is 4.79 Å². The van der Waals surface area contributed by atoms with Gasteiger partial charge in [0.2, 0.25) is 0 Å². The SMILES string of the molecule is CCOC(=O)N1CCC(c2cn(Cc3cccnc3)c3ccccc23)CC1. The number of fused-ring (bicyclic) bond motifs is 1. The number of para-hydroxylation sites is 1. The van der Waals surface area contributed by atoms with Crippen molar-refractivity contribution in [3.8, 4) is 0 Å². The van der Waals surface area contributed by atoms with Crippen LogP contribution in [0.2, 0.25) is 0 Å². The molecule has 27 heavy (non-hydrogen) atoms. The molecule has 0 N–H and O–H groups in total. The van der Waals surface area contributed by atoms with Crippen LogP contribution >= 0.6 is 0 Å². The standard InChI is InChI=1S/C22H25N3O2/c1-2-27-22(26)24-12-9-18(10-13-24)20-16-25(15-17-6-5-11-23-14-17)21-8-4-3-7-19(20)21/h3-8,11,14,16,18H,2,9-10,12-13,15H2,1H3. The fourth-order valence-corrected chi connectivity index (χ4v) is 4.01. The molecule has 0 saturated carbocycles. The van der Waals surface area contributed by atoms with E-state index in [1.165, 1.54) is 22.0 Å². The zero-order valence-electron chi connectivity index (χ0n) is 15.7. The molecule has 3 heterocycles. The van der Waals surface area contributed by atoms with Crippen LogP contribution in [0.1, 0.15) is 36.8 Å². The Balaban J connectivity index is 1.57. The summed E-state index contributed by atoms with van der Waals surface area (Å²) < 4.78 is 7.46. The van der Waals surface area contributed by atoms with Gasteiger partial charge in [0.1, 0.15) is 0 Å². The summed E-state index contributed by atoms with van der Waals surface area (Å²) in [6.45, 7) is 4.61. The summed E-state index contributed by atoms with van der Waals surface area (Å²) in [5.74, 6) is 0.468. The third-order valence-electron chi connectivity index (χ3n) is 5.36. The Kier molecular flexibility index (Phi) is 5.10. The lowest BCUT2D eigenvalue weighted by atomic mass is 9.89. The number of hydrogen-bond acceptors (Lipinski definition) is 3. The fraction of sp³-hybridized carbons (Fsp3) is 0.364. The van der Waals surface area contributed by atoms with E-state index in [1.54, 1.807) is 6.20 Å². The number of ether oxygens (including phenoxy) is 1. The quantitative estimate of drug-likeness (QED) is 0.689. The van der Waals surface area contributed by atoms with E-state index in [0.717, 1.165) is 32.5 Å². The number of amides is 1. The fourth-order valence-electron chi connectivity index (χ4n) is 4.01. The molecule has 1 saturated heterocycles. The summed E-state index contributed by atoms with van der Waals surface area (Å²) in [6, 6.07) is 12.7. The van der Waals surface area contributed by atoms with Crippen LogP contribution in [0.5, 0.6) is 0 Å². The van der Waals surface area contributed by atoms with Gasteiger partial charge in [-0.25, -0.2) is 4.79 Å². The van der Waals surface area contributed by atoms with Gasteiger partial charge in [0.25, 0.3) is 0 Å². The number of likely N-dealkylation sites (tertiary alicyclic amines) is 1. The molecule has 1 aliphatic heterocycles. The molecule has 1 aromatic carbocycles. The maximum Gasteiger partial charge on any atom is 0.409 e. The van der Waals surface area contributed by atoms with Crippen molar-refractivity contribution in [1.29, 1.82) is 0 Å². The van der Waals surface area contributed by atoms with Crippen molar-refractivity contribution >= 4 is 17.0 Å². The highest BCUT2D eigenvalue weighted by Crippen LogP contribution is 2.34. The van der Waals surface area contributed by atoms with E-state index in [9.17, 15) is 4.79 Å². The number of pyridine rings is 1. The monoisotopic (exact) mass is 363 g/mol. The first-order valence-electron chi connectivity index (χ1n) is 9.64. The normalized spacial score (nSPS) is 15.2. The number of benzene rings is 1. The van der Waals surface area contributed by atoms with Crippen molar-refractivity contribution in [2.45, 2.75) is 32.2 Å². The van der Waals surface area contributed by atoms with Gasteiger partial charge < -0.3 is 14.2 Å². The Morgan fingerprint density at radius 3 is 2.74 bits per heavy atom. The first kappa shape index (κ1) is 17.6. The van der Waals surface area contributed by atoms with Crippen molar-refractivity contribution in [3.05, 3.63) is 66.1 Å². The van der Waals surface area contributed by atoms with Gasteiger partial charge in [-0.1, -0.05) is 24.3 Å². The van der Waals surface area contributed by atoms with Gasteiger partial charge in [-0.15, -0.1) is 0 Å². The van der Waals surface area contributed by atoms with Gasteiger partial charge in [-0.2, -0.15) is 0 Å². The van der Waals surface area contributed by atoms with Crippen LogP contribution < -0.4 is 0 Å². The second-order valence-corrected chi connectivity index (χ2v) is 7.05. The van der Waals surface area contributed by atoms with Crippen LogP contribution in [0.15, 0.2) is 55.0 Å². The third-order valence-corrected chi connectivity index (χ3v) is 5.36. The Morgan fingerprint density at radius 2 is 2.00 bits per heavy atom.